The predicted molar refractivity (Wildman–Crippen MR) is 82.9 cm³/mol. The van der Waals surface area contributed by atoms with Crippen LogP contribution in [-0.2, 0) is 0 Å². The number of aryl methyl sites for hydroxylation is 2. The molecule has 4 heteroatoms. The molecular formula is C15H13ClN2S. The van der Waals surface area contributed by atoms with Gasteiger partial charge < -0.3 is 4.98 Å². The fourth-order valence-electron chi connectivity index (χ4n) is 2.40. The van der Waals surface area contributed by atoms with Crippen LogP contribution in [0, 0.1) is 18.6 Å². The van der Waals surface area contributed by atoms with Crippen LogP contribution in [0.3, 0.4) is 0 Å². The van der Waals surface area contributed by atoms with Gasteiger partial charge in [-0.15, -0.1) is 0 Å². The van der Waals surface area contributed by atoms with Crippen molar-refractivity contribution >= 4 is 34.9 Å². The van der Waals surface area contributed by atoms with E-state index in [-0.39, 0.29) is 0 Å². The molecule has 0 aliphatic carbocycles. The second-order valence-electron chi connectivity index (χ2n) is 4.69. The first-order chi connectivity index (χ1) is 9.08. The number of fused-ring (bicyclic) bond motifs is 1. The van der Waals surface area contributed by atoms with Crippen LogP contribution in [0.1, 0.15) is 11.1 Å². The molecule has 0 aliphatic heterocycles. The second-order valence-corrected chi connectivity index (χ2v) is 5.49. The van der Waals surface area contributed by atoms with Crippen LogP contribution in [0.4, 0.5) is 0 Å². The Bertz CT molecular complexity index is 830. The number of nitrogens with one attached hydrogen (secondary N) is 1. The quantitative estimate of drug-likeness (QED) is 0.628. The van der Waals surface area contributed by atoms with Gasteiger partial charge in [-0.05, 0) is 49.8 Å². The largest absolute Gasteiger partial charge is 0.330 e. The van der Waals surface area contributed by atoms with Crippen LogP contribution >= 0.6 is 23.8 Å². The maximum atomic E-state index is 6.32. The molecule has 3 rings (SSSR count). The summed E-state index contributed by atoms with van der Waals surface area (Å²) in [6, 6.07) is 12.1. The second kappa shape index (κ2) is 4.51. The molecule has 0 amide bonds. The van der Waals surface area contributed by atoms with Gasteiger partial charge in [0.25, 0.3) is 0 Å². The van der Waals surface area contributed by atoms with E-state index in [0.717, 1.165) is 16.7 Å². The van der Waals surface area contributed by atoms with Crippen molar-refractivity contribution in [2.45, 2.75) is 13.8 Å². The Labute approximate surface area is 121 Å². The van der Waals surface area contributed by atoms with E-state index in [2.05, 4.69) is 37.0 Å². The van der Waals surface area contributed by atoms with Crippen LogP contribution in [0.2, 0.25) is 5.02 Å². The number of benzene rings is 2. The number of aromatic amines is 1. The summed E-state index contributed by atoms with van der Waals surface area (Å²) in [6.45, 7) is 4.16. The first-order valence-electron chi connectivity index (χ1n) is 6.05. The molecule has 0 radical (unpaired) electrons. The average molecular weight is 289 g/mol. The summed E-state index contributed by atoms with van der Waals surface area (Å²) in [5, 5.41) is 0.699. The van der Waals surface area contributed by atoms with Crippen molar-refractivity contribution in [3.63, 3.8) is 0 Å². The number of hydrogen-bond acceptors (Lipinski definition) is 1. The number of hydrogen-bond donors (Lipinski definition) is 1. The van der Waals surface area contributed by atoms with E-state index in [1.165, 1.54) is 11.1 Å². The number of para-hydroxylation sites is 1. The number of H-pyrrole nitrogens is 1. The van der Waals surface area contributed by atoms with E-state index < -0.39 is 0 Å². The van der Waals surface area contributed by atoms with E-state index in [0.29, 0.717) is 9.79 Å². The van der Waals surface area contributed by atoms with Crippen molar-refractivity contribution in [1.29, 1.82) is 0 Å². The zero-order valence-corrected chi connectivity index (χ0v) is 12.3. The molecule has 1 aromatic heterocycles. The van der Waals surface area contributed by atoms with E-state index in [1.54, 1.807) is 0 Å². The third-order valence-corrected chi connectivity index (χ3v) is 3.84. The Hall–Kier alpha value is -1.58. The molecule has 2 nitrogen and oxygen atoms in total. The molecule has 0 aliphatic rings. The van der Waals surface area contributed by atoms with Gasteiger partial charge in [-0.3, -0.25) is 4.57 Å². The van der Waals surface area contributed by atoms with E-state index in [9.17, 15) is 0 Å². The van der Waals surface area contributed by atoms with Crippen molar-refractivity contribution in [2.24, 2.45) is 0 Å². The molecule has 0 bridgehead atoms. The third-order valence-electron chi connectivity index (χ3n) is 3.25. The van der Waals surface area contributed by atoms with Crippen molar-refractivity contribution in [2.75, 3.05) is 0 Å². The lowest BCUT2D eigenvalue weighted by molar-refractivity contribution is 1.05. The topological polar surface area (TPSA) is 20.7 Å². The molecule has 0 saturated carbocycles. The van der Waals surface area contributed by atoms with E-state index >= 15 is 0 Å². The van der Waals surface area contributed by atoms with Gasteiger partial charge in [0.05, 0.1) is 21.7 Å². The molecular weight excluding hydrogens is 276 g/mol. The predicted octanol–water partition coefficient (Wildman–Crippen LogP) is 4.96. The molecule has 0 fully saturated rings. The van der Waals surface area contributed by atoms with Gasteiger partial charge in [0.2, 0.25) is 0 Å². The fraction of sp³-hybridized carbons (Fsp3) is 0.133. The average Bonchev–Trinajstić information content (AvgIpc) is 2.67. The van der Waals surface area contributed by atoms with Crippen molar-refractivity contribution in [3.05, 3.63) is 57.3 Å². The van der Waals surface area contributed by atoms with Crippen molar-refractivity contribution < 1.29 is 0 Å². The highest BCUT2D eigenvalue weighted by molar-refractivity contribution is 7.71. The Balaban J connectivity index is 2.42. The first kappa shape index (κ1) is 12.5. The highest BCUT2D eigenvalue weighted by Crippen LogP contribution is 2.28. The van der Waals surface area contributed by atoms with Crippen molar-refractivity contribution in [3.8, 4) is 5.69 Å². The summed E-state index contributed by atoms with van der Waals surface area (Å²) < 4.78 is 2.66. The summed E-state index contributed by atoms with van der Waals surface area (Å²) >= 11 is 11.8. The van der Waals surface area contributed by atoms with Crippen LogP contribution in [0.5, 0.6) is 0 Å². The Morgan fingerprint density at radius 2 is 1.95 bits per heavy atom. The minimum absolute atomic E-state index is 0.662. The molecule has 3 aromatic rings. The molecule has 0 spiro atoms. The Morgan fingerprint density at radius 1 is 1.16 bits per heavy atom. The third kappa shape index (κ3) is 1.99. The van der Waals surface area contributed by atoms with Gasteiger partial charge in [-0.25, -0.2) is 0 Å². The van der Waals surface area contributed by atoms with Gasteiger partial charge in [0, 0.05) is 0 Å². The summed E-state index contributed by atoms with van der Waals surface area (Å²) in [7, 11) is 0. The fourth-order valence-corrected chi connectivity index (χ4v) is 2.96. The molecule has 19 heavy (non-hydrogen) atoms. The smallest absolute Gasteiger partial charge is 0.182 e. The molecule has 96 valence electrons. The van der Waals surface area contributed by atoms with E-state index in [4.69, 9.17) is 23.8 Å². The highest BCUT2D eigenvalue weighted by atomic mass is 35.5. The number of nitrogens with zero attached hydrogens (tertiary/aromatic N) is 1. The molecule has 1 N–H and O–H groups in total. The number of halogens is 1. The van der Waals surface area contributed by atoms with Crippen LogP contribution < -0.4 is 0 Å². The van der Waals surface area contributed by atoms with Gasteiger partial charge in [0.15, 0.2) is 4.77 Å². The van der Waals surface area contributed by atoms with Crippen LogP contribution in [-0.4, -0.2) is 9.55 Å². The summed E-state index contributed by atoms with van der Waals surface area (Å²) in [5.74, 6) is 0. The minimum Gasteiger partial charge on any atom is -0.330 e. The molecule has 0 atom stereocenters. The number of rotatable bonds is 1. The normalized spacial score (nSPS) is 11.1. The lowest BCUT2D eigenvalue weighted by Gasteiger charge is -2.10. The maximum absolute atomic E-state index is 6.32. The lowest BCUT2D eigenvalue weighted by Crippen LogP contribution is -1.97. The SMILES string of the molecule is Cc1ccc(-n2c(=S)[nH]c3cccc(Cl)c32)c(C)c1. The molecule has 1 heterocycles. The maximum Gasteiger partial charge on any atom is 0.182 e. The van der Waals surface area contributed by atoms with Gasteiger partial charge >= 0.3 is 0 Å². The molecule has 0 saturated heterocycles. The number of imidazole rings is 1. The van der Waals surface area contributed by atoms with Crippen LogP contribution in [0.15, 0.2) is 36.4 Å². The monoisotopic (exact) mass is 288 g/mol. The van der Waals surface area contributed by atoms with Gasteiger partial charge in [-0.2, -0.15) is 0 Å². The standard InChI is InChI=1S/C15H13ClN2S/c1-9-6-7-13(10(2)8-9)18-14-11(16)4-3-5-12(14)17-15(18)19/h3-8H,1-2H3,(H,17,19). The van der Waals surface area contributed by atoms with Crippen molar-refractivity contribution in [1.82, 2.24) is 9.55 Å². The minimum atomic E-state index is 0.662. The molecule has 2 aromatic carbocycles. The van der Waals surface area contributed by atoms with E-state index in [1.807, 2.05) is 22.8 Å². The summed E-state index contributed by atoms with van der Waals surface area (Å²) in [6.07, 6.45) is 0. The zero-order valence-electron chi connectivity index (χ0n) is 10.7. The van der Waals surface area contributed by atoms with Gasteiger partial charge in [0.1, 0.15) is 0 Å². The first-order valence-corrected chi connectivity index (χ1v) is 6.83. The van der Waals surface area contributed by atoms with Gasteiger partial charge in [-0.1, -0.05) is 35.4 Å². The Morgan fingerprint density at radius 3 is 2.68 bits per heavy atom. The lowest BCUT2D eigenvalue weighted by atomic mass is 10.1. The highest BCUT2D eigenvalue weighted by Gasteiger charge is 2.11. The molecule has 0 unspecified atom stereocenters. The Kier molecular flexibility index (Phi) is 2.96. The number of aromatic nitrogens is 2. The summed E-state index contributed by atoms with van der Waals surface area (Å²) in [4.78, 5) is 3.20. The summed E-state index contributed by atoms with van der Waals surface area (Å²) in [5.41, 5.74) is 5.36. The zero-order chi connectivity index (χ0) is 13.6. The van der Waals surface area contributed by atoms with Crippen LogP contribution in [0.25, 0.3) is 16.7 Å².